The van der Waals surface area contributed by atoms with Crippen LogP contribution in [-0.2, 0) is 10.8 Å². The highest BCUT2D eigenvalue weighted by Gasteiger charge is 2.38. The van der Waals surface area contributed by atoms with Crippen molar-refractivity contribution >= 4 is 142 Å². The van der Waals surface area contributed by atoms with E-state index in [-0.39, 0.29) is 10.8 Å². The summed E-state index contributed by atoms with van der Waals surface area (Å²) >= 11 is 0. The molecule has 25 aromatic rings. The normalized spacial score (nSPS) is 12.8. The van der Waals surface area contributed by atoms with E-state index in [1.807, 2.05) is 0 Å². The van der Waals surface area contributed by atoms with Gasteiger partial charge in [-0.2, -0.15) is 0 Å². The number of para-hydroxylation sites is 4. The fourth-order valence-electron chi connectivity index (χ4n) is 23.2. The first-order valence-electron chi connectivity index (χ1n) is 47.4. The summed E-state index contributed by atoms with van der Waals surface area (Å²) in [4.78, 5) is 4.86. The Bertz CT molecular complexity index is 9100. The summed E-state index contributed by atoms with van der Waals surface area (Å²) in [6.45, 7) is 9.44. The van der Waals surface area contributed by atoms with E-state index in [9.17, 15) is 0 Å². The molecule has 0 fully saturated rings. The van der Waals surface area contributed by atoms with E-state index < -0.39 is 0 Å². The average Bonchev–Trinajstić information content (AvgIpc) is 1.18. The number of anilines is 6. The maximum atomic E-state index is 2.49. The first kappa shape index (κ1) is 79.7. The number of aromatic nitrogens is 2. The molecule has 2 aliphatic rings. The van der Waals surface area contributed by atoms with Crippen molar-refractivity contribution in [2.45, 2.75) is 38.5 Å². The van der Waals surface area contributed by atoms with E-state index in [0.717, 1.165) is 45.5 Å². The molecular formula is C132H92N4. The second kappa shape index (κ2) is 31.8. The van der Waals surface area contributed by atoms with E-state index >= 15 is 0 Å². The lowest BCUT2D eigenvalue weighted by atomic mass is 9.82. The predicted molar refractivity (Wildman–Crippen MR) is 578 cm³/mol. The monoisotopic (exact) mass is 1730 g/mol. The zero-order valence-electron chi connectivity index (χ0n) is 76.0. The third-order valence-electron chi connectivity index (χ3n) is 29.5. The van der Waals surface area contributed by atoms with Crippen LogP contribution in [0.25, 0.3) is 198 Å². The predicted octanol–water partition coefficient (Wildman–Crippen LogP) is 36.4. The molecule has 0 N–H and O–H groups in total. The highest BCUT2D eigenvalue weighted by atomic mass is 15.2. The van der Waals surface area contributed by atoms with Gasteiger partial charge in [0, 0.05) is 99.3 Å². The largest absolute Gasteiger partial charge is 0.310 e. The third kappa shape index (κ3) is 12.7. The van der Waals surface area contributed by atoms with Crippen LogP contribution in [0.5, 0.6) is 0 Å². The Hall–Kier alpha value is -17.2. The molecule has 0 amide bonds. The molecule has 2 heterocycles. The van der Waals surface area contributed by atoms with Gasteiger partial charge in [0.2, 0.25) is 0 Å². The van der Waals surface area contributed by atoms with Crippen LogP contribution in [0, 0.1) is 0 Å². The van der Waals surface area contributed by atoms with Crippen LogP contribution in [-0.4, -0.2) is 9.13 Å². The molecule has 136 heavy (non-hydrogen) atoms. The number of benzene rings is 23. The van der Waals surface area contributed by atoms with Gasteiger partial charge in [-0.05, 0) is 253 Å². The van der Waals surface area contributed by atoms with E-state index in [4.69, 9.17) is 0 Å². The zero-order valence-corrected chi connectivity index (χ0v) is 76.0. The molecular weight excluding hydrogens is 1640 g/mol. The summed E-state index contributed by atoms with van der Waals surface area (Å²) < 4.78 is 4.98. The SMILES string of the molecule is CC1(C)c2ccccc2-c2ccc(N(c3ccc(-c4cc5c6ccccc6c6c(c7ccccc7n6-c6ccc(-c7ccccc7)cc6)c5c5ccccc45)cc3)c3ccccc3-c3ccccc3)cc21.CC1(C)c2ccccc2-c2ccc(N(c3ccccc3)c3ccc(-c4cc5c6ccccc6c6c(c7ccccc7n6-c6ccc(-c7ccccc7)cc6)c5c5ccccc45)cc3)cc21. The summed E-state index contributed by atoms with van der Waals surface area (Å²) in [7, 11) is 0. The average molecular weight is 1730 g/mol. The molecule has 2 aromatic heterocycles. The maximum Gasteiger partial charge on any atom is 0.0626 e. The molecule has 4 heteroatoms. The van der Waals surface area contributed by atoms with Crippen LogP contribution in [0.2, 0.25) is 0 Å². The topological polar surface area (TPSA) is 16.3 Å². The molecule has 0 radical (unpaired) electrons. The molecule has 0 spiro atoms. The van der Waals surface area contributed by atoms with Crippen molar-refractivity contribution in [3.05, 3.63) is 508 Å². The van der Waals surface area contributed by atoms with Gasteiger partial charge in [-0.15, -0.1) is 0 Å². The molecule has 4 nitrogen and oxygen atoms in total. The molecule has 0 bridgehead atoms. The number of hydrogen-bond donors (Lipinski definition) is 0. The van der Waals surface area contributed by atoms with Crippen LogP contribution in [0.3, 0.4) is 0 Å². The van der Waals surface area contributed by atoms with E-state index in [1.54, 1.807) is 0 Å². The van der Waals surface area contributed by atoms with Crippen molar-refractivity contribution in [1.82, 2.24) is 9.13 Å². The smallest absolute Gasteiger partial charge is 0.0626 e. The highest BCUT2D eigenvalue weighted by molar-refractivity contribution is 6.40. The third-order valence-corrected chi connectivity index (χ3v) is 29.5. The van der Waals surface area contributed by atoms with Crippen LogP contribution in [0.4, 0.5) is 34.1 Å². The number of rotatable bonds is 13. The summed E-state index contributed by atoms with van der Waals surface area (Å²) in [5, 5.41) is 20.2. The Balaban J connectivity index is 0.000000142. The lowest BCUT2D eigenvalue weighted by Crippen LogP contribution is -2.16. The Kier molecular flexibility index (Phi) is 18.7. The van der Waals surface area contributed by atoms with Gasteiger partial charge in [-0.25, -0.2) is 0 Å². The van der Waals surface area contributed by atoms with Crippen LogP contribution >= 0.6 is 0 Å². The fraction of sp³-hybridized carbons (Fsp3) is 0.0455. The molecule has 640 valence electrons. The van der Waals surface area contributed by atoms with Gasteiger partial charge in [0.15, 0.2) is 0 Å². The number of fused-ring (bicyclic) bond motifs is 26. The second-order valence-electron chi connectivity index (χ2n) is 37.6. The first-order valence-corrected chi connectivity index (χ1v) is 47.4. The summed E-state index contributed by atoms with van der Waals surface area (Å²) in [6.07, 6.45) is 0. The maximum absolute atomic E-state index is 2.49. The van der Waals surface area contributed by atoms with Crippen molar-refractivity contribution in [1.29, 1.82) is 0 Å². The van der Waals surface area contributed by atoms with Crippen LogP contribution in [0.15, 0.2) is 485 Å². The van der Waals surface area contributed by atoms with Crippen molar-refractivity contribution in [3.8, 4) is 89.3 Å². The molecule has 0 aliphatic heterocycles. The van der Waals surface area contributed by atoms with Gasteiger partial charge in [-0.1, -0.05) is 398 Å². The summed E-state index contributed by atoms with van der Waals surface area (Å²) in [6, 6.07) is 179. The standard InChI is InChI=1S/C69H48N2.C63H44N2/c1-69(2)62-30-16-13-26-55(62)56-42-41-51(43-63(56)69)70(64-31-17-14-23-52(64)47-21-7-4-8-22-47)49-39-35-48(36-40-49)60-44-61-54-25-10-12-28-58(54)68-67(66(61)57-27-11-9-24-53(57)60)59-29-15-18-32-65(59)71(68)50-37-33-46(34-38-50)45-19-5-3-6-20-45;1-63(2)57-27-15-13-23-50(57)51-38-37-47(39-58(51)63)64(44-19-7-4-8-20-44)45-35-31-43(32-36-45)55-40-56-49-22-10-12-25-53(49)62-61(60(56)52-24-11-9-21-48(52)55)54-26-14-16-28-59(54)65(62)46-33-29-42(30-34-46)41-17-5-3-6-18-41/h3-44H,1-2H3;3-40H,1-2H3. The Morgan fingerprint density at radius 2 is 0.463 bits per heavy atom. The minimum Gasteiger partial charge on any atom is -0.310 e. The van der Waals surface area contributed by atoms with Crippen molar-refractivity contribution in [3.63, 3.8) is 0 Å². The Morgan fingerprint density at radius 3 is 0.904 bits per heavy atom. The molecule has 27 rings (SSSR count). The van der Waals surface area contributed by atoms with Gasteiger partial charge < -0.3 is 18.9 Å². The molecule has 0 unspecified atom stereocenters. The van der Waals surface area contributed by atoms with E-state index in [0.29, 0.717) is 0 Å². The summed E-state index contributed by atoms with van der Waals surface area (Å²) in [5.74, 6) is 0. The summed E-state index contributed by atoms with van der Waals surface area (Å²) in [5.41, 5.74) is 36.6. The van der Waals surface area contributed by atoms with Gasteiger partial charge in [0.1, 0.15) is 0 Å². The van der Waals surface area contributed by atoms with Gasteiger partial charge in [0.05, 0.1) is 27.8 Å². The number of nitrogens with zero attached hydrogens (tertiary/aromatic N) is 4. The fourth-order valence-corrected chi connectivity index (χ4v) is 23.2. The van der Waals surface area contributed by atoms with Gasteiger partial charge >= 0.3 is 0 Å². The second-order valence-corrected chi connectivity index (χ2v) is 37.6. The van der Waals surface area contributed by atoms with Gasteiger partial charge in [0.25, 0.3) is 0 Å². The Morgan fingerprint density at radius 1 is 0.169 bits per heavy atom. The number of hydrogen-bond acceptors (Lipinski definition) is 2. The molecule has 0 saturated heterocycles. The van der Waals surface area contributed by atoms with Crippen LogP contribution < -0.4 is 9.80 Å². The quantitative estimate of drug-likeness (QED) is 0.107. The molecule has 23 aromatic carbocycles. The molecule has 2 aliphatic carbocycles. The Labute approximate surface area is 791 Å². The van der Waals surface area contributed by atoms with Crippen molar-refractivity contribution < 1.29 is 0 Å². The minimum atomic E-state index is -0.133. The lowest BCUT2D eigenvalue weighted by molar-refractivity contribution is 0.660. The first-order chi connectivity index (χ1) is 67.0. The van der Waals surface area contributed by atoms with Crippen LogP contribution in [0.1, 0.15) is 49.9 Å². The highest BCUT2D eigenvalue weighted by Crippen LogP contribution is 2.56. The lowest BCUT2D eigenvalue weighted by Gasteiger charge is -2.30. The van der Waals surface area contributed by atoms with Gasteiger partial charge in [-0.3, -0.25) is 0 Å². The zero-order chi connectivity index (χ0) is 90.4. The van der Waals surface area contributed by atoms with Crippen molar-refractivity contribution in [2.24, 2.45) is 0 Å². The van der Waals surface area contributed by atoms with Crippen molar-refractivity contribution in [2.75, 3.05) is 9.80 Å². The van der Waals surface area contributed by atoms with E-state index in [1.165, 1.54) is 208 Å². The molecule has 0 saturated carbocycles. The minimum absolute atomic E-state index is 0.0932. The molecule has 0 atom stereocenters. The van der Waals surface area contributed by atoms with E-state index in [2.05, 4.69) is 532 Å².